The fourth-order valence-corrected chi connectivity index (χ4v) is 15.1. The van der Waals surface area contributed by atoms with Crippen LogP contribution < -0.4 is 0 Å². The second-order valence-electron chi connectivity index (χ2n) is 25.6. The number of rotatable bonds is 4. The van der Waals surface area contributed by atoms with Gasteiger partial charge in [0, 0.05) is 94.0 Å². The van der Waals surface area contributed by atoms with Crippen LogP contribution in [0.15, 0.2) is 87.3 Å². The molecule has 20 bridgehead atoms. The summed E-state index contributed by atoms with van der Waals surface area (Å²) in [6.45, 7) is 45.2. The molecule has 11 heterocycles. The van der Waals surface area contributed by atoms with Crippen LogP contribution in [-0.4, -0.2) is 52.8 Å². The minimum absolute atomic E-state index is 0.763. The molecule has 0 spiro atoms. The van der Waals surface area contributed by atoms with Gasteiger partial charge in [0.05, 0.1) is 45.6 Å². The van der Waals surface area contributed by atoms with Crippen molar-refractivity contribution in [1.29, 1.82) is 0 Å². The van der Waals surface area contributed by atoms with Gasteiger partial charge in [0.25, 0.3) is 0 Å². The van der Waals surface area contributed by atoms with Crippen molar-refractivity contribution >= 4 is 47.2 Å². The highest BCUT2D eigenvalue weighted by molar-refractivity contribution is 6.09. The molecular weight excluding hydrogens is 1050 g/mol. The van der Waals surface area contributed by atoms with E-state index in [1.54, 1.807) is 0 Å². The molecule has 0 aromatic carbocycles. The lowest BCUT2D eigenvalue weighted by molar-refractivity contribution is 0.924. The lowest BCUT2D eigenvalue weighted by Gasteiger charge is -2.06. The van der Waals surface area contributed by atoms with E-state index in [0.717, 1.165) is 145 Å². The maximum atomic E-state index is 5.44. The van der Waals surface area contributed by atoms with Gasteiger partial charge >= 0.3 is 0 Å². The molecule has 0 atom stereocenters. The van der Waals surface area contributed by atoms with Crippen molar-refractivity contribution < 1.29 is 0 Å². The third-order valence-electron chi connectivity index (χ3n) is 21.0. The molecule has 5 aliphatic heterocycles. The highest BCUT2D eigenvalue weighted by atomic mass is 14.9. The van der Waals surface area contributed by atoms with E-state index in [9.17, 15) is 0 Å². The average Bonchev–Trinajstić information content (AvgIpc) is 2.33. The zero-order chi connectivity index (χ0) is 61.5. The van der Waals surface area contributed by atoms with Gasteiger partial charge < -0.3 is 29.9 Å². The average molecular weight is 1150 g/mol. The second kappa shape index (κ2) is 23.5. The summed E-state index contributed by atoms with van der Waals surface area (Å²) in [6.07, 6.45) is 19.8. The molecule has 0 radical (unpaired) electrons. The first-order valence-electron chi connectivity index (χ1n) is 32.1. The molecule has 6 aromatic rings. The number of nitrogens with zero attached hydrogens (tertiary/aromatic N) is 4. The molecule has 6 aromatic heterocycles. The summed E-state index contributed by atoms with van der Waals surface area (Å²) in [5.41, 5.74) is 49.8. The Hall–Kier alpha value is -7.72. The zero-order valence-corrected chi connectivity index (χ0v) is 55.6. The van der Waals surface area contributed by atoms with Crippen molar-refractivity contribution in [2.75, 3.05) is 0 Å². The summed E-state index contributed by atoms with van der Waals surface area (Å²) in [6, 6.07) is 0. The van der Waals surface area contributed by atoms with Crippen molar-refractivity contribution in [2.45, 2.75) is 216 Å². The van der Waals surface area contributed by atoms with E-state index in [1.165, 1.54) is 157 Å². The van der Waals surface area contributed by atoms with Crippen molar-refractivity contribution in [2.24, 2.45) is 20.0 Å². The third-order valence-corrected chi connectivity index (χ3v) is 21.0. The molecule has 0 fully saturated rings. The Bertz CT molecular complexity index is 3700. The van der Waals surface area contributed by atoms with E-state index in [-0.39, 0.29) is 0 Å². The molecule has 0 saturated heterocycles. The van der Waals surface area contributed by atoms with Crippen molar-refractivity contribution in [3.63, 3.8) is 0 Å². The van der Waals surface area contributed by atoms with Gasteiger partial charge in [-0.1, -0.05) is 27.7 Å². The molecule has 0 amide bonds. The van der Waals surface area contributed by atoms with Crippen LogP contribution in [0.1, 0.15) is 216 Å². The smallest absolute Gasteiger partial charge is 0.0686 e. The molecule has 86 heavy (non-hydrogen) atoms. The van der Waals surface area contributed by atoms with Crippen LogP contribution in [0.3, 0.4) is 0 Å². The largest absolute Gasteiger partial charge is 0.361 e. The Morgan fingerprint density at radius 2 is 0.477 bits per heavy atom. The minimum Gasteiger partial charge on any atom is -0.361 e. The number of aryl methyl sites for hydroxylation is 4. The number of hydrogen-bond acceptors (Lipinski definition) is 4. The quantitative estimate of drug-likeness (QED) is 0.0999. The number of H-pyrrole nitrogens is 6. The number of allylic oxidation sites excluding steroid dienone is 8. The minimum atomic E-state index is 0.763. The Morgan fingerprint density at radius 3 is 0.663 bits per heavy atom. The summed E-state index contributed by atoms with van der Waals surface area (Å²) < 4.78 is 0. The van der Waals surface area contributed by atoms with Crippen LogP contribution in [0.2, 0.25) is 0 Å². The molecule has 10 nitrogen and oxygen atoms in total. The van der Waals surface area contributed by atoms with Gasteiger partial charge in [-0.05, 0) is 298 Å². The molecule has 11 rings (SSSR count). The highest BCUT2D eigenvalue weighted by Crippen LogP contribution is 2.39. The zero-order valence-electron chi connectivity index (χ0n) is 55.6. The first-order valence-corrected chi connectivity index (χ1v) is 32.1. The Labute approximate surface area is 512 Å². The molecule has 448 valence electrons. The number of hydrogen-bond donors (Lipinski definition) is 6. The van der Waals surface area contributed by atoms with E-state index in [0.29, 0.717) is 0 Å². The summed E-state index contributed by atoms with van der Waals surface area (Å²) >= 11 is 0. The van der Waals surface area contributed by atoms with Crippen LogP contribution in [-0.2, 0) is 51.4 Å². The monoisotopic (exact) mass is 1150 g/mol. The standard InChI is InChI=1S/C76H94N10/c1-21-53-41(9)69-29-65-45(13)57(49(17)77-65)25-26-58-46(14)67(78-50(58)18)31-71-43(11)55(23-3)75(85-71)35-63-39(7)40(8)64(82-63)36-76-56(24-4)44(12)72(86-76)32-68-48(16)60(52(20)80-68)28-27-59-47(15)66(79-51(59)19)30-70-42(10)54(22-2)74(84-70)34-62-38(6)37(5)61(81-62)33-73(53)83-69/h29-32,77-82H,21-28,33-36H2,1-20H3/b69-29-,70-30-,71-31-,72-32-. The van der Waals surface area contributed by atoms with Gasteiger partial charge in [0.15, 0.2) is 0 Å². The molecule has 0 aliphatic carbocycles. The maximum absolute atomic E-state index is 5.44. The van der Waals surface area contributed by atoms with E-state index in [2.05, 4.69) is 193 Å². The van der Waals surface area contributed by atoms with E-state index in [1.807, 2.05) is 0 Å². The molecule has 6 N–H and O–H groups in total. The van der Waals surface area contributed by atoms with Gasteiger partial charge in [0.2, 0.25) is 0 Å². The van der Waals surface area contributed by atoms with Crippen LogP contribution in [0.25, 0.3) is 24.3 Å². The summed E-state index contributed by atoms with van der Waals surface area (Å²) in [5.74, 6) is 0. The molecule has 10 heteroatoms. The van der Waals surface area contributed by atoms with Gasteiger partial charge in [0.1, 0.15) is 0 Å². The number of nitrogens with one attached hydrogen (secondary N) is 6. The van der Waals surface area contributed by atoms with E-state index >= 15 is 0 Å². The van der Waals surface area contributed by atoms with Gasteiger partial charge in [-0.15, -0.1) is 0 Å². The summed E-state index contributed by atoms with van der Waals surface area (Å²) in [7, 11) is 0. The van der Waals surface area contributed by atoms with Gasteiger partial charge in [-0.3, -0.25) is 20.0 Å². The predicted octanol–water partition coefficient (Wildman–Crippen LogP) is 18.3. The van der Waals surface area contributed by atoms with E-state index < -0.39 is 0 Å². The maximum Gasteiger partial charge on any atom is 0.0686 e. The van der Waals surface area contributed by atoms with Crippen LogP contribution in [0.4, 0.5) is 0 Å². The first-order chi connectivity index (χ1) is 41.0. The Balaban J connectivity index is 0.958. The molecule has 5 aliphatic rings. The first kappa shape index (κ1) is 60.0. The van der Waals surface area contributed by atoms with Crippen LogP contribution in [0, 0.1) is 83.1 Å². The number of fused-ring (bicyclic) bond motifs is 16. The van der Waals surface area contributed by atoms with E-state index in [4.69, 9.17) is 20.0 Å². The molecule has 0 saturated carbocycles. The Morgan fingerprint density at radius 1 is 0.279 bits per heavy atom. The SMILES string of the molecule is CCC1=C(C)/C2=C/c3[nH]c(C)c(c3C)CCc3c(C)[nH]c(c3C)/C=C3\N=C(Cc4[nH]c(c(C)c4C)CC4=N/C(=C\c5[nH]c(C)c(c5C)CCc5c(C)[nH]c(c5C)/C=C5\N=C(Cc6[nH]c(c(C)c6C)CC1=N2)C(CC)=C5C)C(C)=C4CC)C(CC)=C3C. The number of aromatic nitrogens is 6. The third kappa shape index (κ3) is 10.6. The number of aliphatic imine (C=N–C) groups is 4. The molecular formula is C76H94N10. The lowest BCUT2D eigenvalue weighted by Crippen LogP contribution is -2.07. The van der Waals surface area contributed by atoms with Crippen molar-refractivity contribution in [1.82, 2.24) is 29.9 Å². The summed E-state index contributed by atoms with van der Waals surface area (Å²) in [5, 5.41) is 0. The fourth-order valence-electron chi connectivity index (χ4n) is 15.1. The normalized spacial score (nSPS) is 19.7. The van der Waals surface area contributed by atoms with Crippen LogP contribution in [0.5, 0.6) is 0 Å². The fraction of sp³-hybridized carbons (Fsp3) is 0.421. The second-order valence-corrected chi connectivity index (χ2v) is 25.6. The van der Waals surface area contributed by atoms with Crippen LogP contribution >= 0.6 is 0 Å². The van der Waals surface area contributed by atoms with Crippen molar-refractivity contribution in [3.8, 4) is 0 Å². The molecule has 0 unspecified atom stereocenters. The lowest BCUT2D eigenvalue weighted by atomic mass is 9.97. The van der Waals surface area contributed by atoms with Gasteiger partial charge in [-0.25, -0.2) is 0 Å². The number of aromatic amines is 6. The Kier molecular flexibility index (Phi) is 16.4. The topological polar surface area (TPSA) is 144 Å². The van der Waals surface area contributed by atoms with Gasteiger partial charge in [-0.2, -0.15) is 0 Å². The van der Waals surface area contributed by atoms with Crippen molar-refractivity contribution in [3.05, 3.63) is 202 Å². The predicted molar refractivity (Wildman–Crippen MR) is 365 cm³/mol. The highest BCUT2D eigenvalue weighted by Gasteiger charge is 2.29. The summed E-state index contributed by atoms with van der Waals surface area (Å²) in [4.78, 5) is 44.8.